The number of hydrogen-bond donors (Lipinski definition) is 0. The molecule has 0 unspecified atom stereocenters. The van der Waals surface area contributed by atoms with Crippen LogP contribution in [0, 0.1) is 0 Å². The first-order chi connectivity index (χ1) is 5.36. The van der Waals surface area contributed by atoms with Crippen molar-refractivity contribution in [1.82, 2.24) is 4.98 Å². The van der Waals surface area contributed by atoms with E-state index in [4.69, 9.17) is 0 Å². The molecule has 0 saturated heterocycles. The third-order valence-electron chi connectivity index (χ3n) is 1.51. The summed E-state index contributed by atoms with van der Waals surface area (Å²) in [6, 6.07) is 6.26. The lowest BCUT2D eigenvalue weighted by molar-refractivity contribution is 0.874. The molecular formula is C9H12IN. The molecule has 0 aromatic carbocycles. The van der Waals surface area contributed by atoms with Gasteiger partial charge in [-0.05, 0) is 18.6 Å². The molecule has 1 aromatic rings. The van der Waals surface area contributed by atoms with Crippen LogP contribution in [-0.2, 0) is 10.8 Å². The molecule has 0 aliphatic heterocycles. The molecule has 0 bridgehead atoms. The Kier molecular flexibility index (Phi) is 3.83. The van der Waals surface area contributed by atoms with Crippen LogP contribution in [0.25, 0.3) is 0 Å². The van der Waals surface area contributed by atoms with Gasteiger partial charge in [-0.2, -0.15) is 0 Å². The number of pyridine rings is 1. The fourth-order valence-electron chi connectivity index (χ4n) is 0.999. The Morgan fingerprint density at radius 1 is 1.36 bits per heavy atom. The lowest BCUT2D eigenvalue weighted by Crippen LogP contribution is -1.91. The lowest BCUT2D eigenvalue weighted by Gasteiger charge is -1.99. The van der Waals surface area contributed by atoms with E-state index >= 15 is 0 Å². The van der Waals surface area contributed by atoms with E-state index in [1.165, 1.54) is 17.8 Å². The largest absolute Gasteiger partial charge is 0.257 e. The summed E-state index contributed by atoms with van der Waals surface area (Å²) in [7, 11) is 0. The van der Waals surface area contributed by atoms with Crippen LogP contribution < -0.4 is 0 Å². The van der Waals surface area contributed by atoms with Crippen molar-refractivity contribution in [2.24, 2.45) is 0 Å². The Balaban J connectivity index is 2.74. The maximum Gasteiger partial charge on any atom is 0.0504 e. The maximum absolute atomic E-state index is 4.47. The Bertz CT molecular complexity index is 223. The summed E-state index contributed by atoms with van der Waals surface area (Å²) in [6.45, 7) is 2.18. The van der Waals surface area contributed by atoms with E-state index in [9.17, 15) is 0 Å². The molecule has 1 nitrogen and oxygen atoms in total. The van der Waals surface area contributed by atoms with Crippen LogP contribution in [0.15, 0.2) is 18.2 Å². The average Bonchev–Trinajstić information content (AvgIpc) is 2.06. The van der Waals surface area contributed by atoms with E-state index in [-0.39, 0.29) is 0 Å². The van der Waals surface area contributed by atoms with Crippen LogP contribution in [0.3, 0.4) is 0 Å². The van der Waals surface area contributed by atoms with Crippen molar-refractivity contribution in [1.29, 1.82) is 0 Å². The van der Waals surface area contributed by atoms with Gasteiger partial charge in [0.25, 0.3) is 0 Å². The summed E-state index contributed by atoms with van der Waals surface area (Å²) in [5, 5.41) is 0. The van der Waals surface area contributed by atoms with Gasteiger partial charge >= 0.3 is 0 Å². The van der Waals surface area contributed by atoms with Gasteiger partial charge in [0.05, 0.1) is 5.69 Å². The topological polar surface area (TPSA) is 12.9 Å². The molecule has 2 heteroatoms. The third kappa shape index (κ3) is 2.77. The molecular weight excluding hydrogens is 249 g/mol. The van der Waals surface area contributed by atoms with Gasteiger partial charge in [0, 0.05) is 10.1 Å². The highest BCUT2D eigenvalue weighted by atomic mass is 127. The first-order valence-corrected chi connectivity index (χ1v) is 5.40. The van der Waals surface area contributed by atoms with E-state index in [1.807, 2.05) is 0 Å². The number of alkyl halides is 1. The van der Waals surface area contributed by atoms with Gasteiger partial charge in [0.1, 0.15) is 0 Å². The quantitative estimate of drug-likeness (QED) is 0.602. The predicted molar refractivity (Wildman–Crippen MR) is 56.0 cm³/mol. The van der Waals surface area contributed by atoms with Crippen molar-refractivity contribution in [3.63, 3.8) is 0 Å². The standard InChI is InChI=1S/C9H12IN/c1-2-4-8-5-3-6-9(7-10)11-8/h3,5-6H,2,4,7H2,1H3. The molecule has 0 amide bonds. The van der Waals surface area contributed by atoms with E-state index in [2.05, 4.69) is 52.7 Å². The molecule has 0 radical (unpaired) electrons. The van der Waals surface area contributed by atoms with Gasteiger partial charge in [-0.3, -0.25) is 4.98 Å². The first kappa shape index (κ1) is 8.97. The van der Waals surface area contributed by atoms with Gasteiger partial charge < -0.3 is 0 Å². The number of aromatic nitrogens is 1. The zero-order valence-electron chi connectivity index (χ0n) is 6.68. The van der Waals surface area contributed by atoms with Gasteiger partial charge in [0.2, 0.25) is 0 Å². The molecule has 0 aliphatic rings. The normalized spacial score (nSPS) is 10.0. The Labute approximate surface area is 81.4 Å². The van der Waals surface area contributed by atoms with Crippen molar-refractivity contribution in [3.05, 3.63) is 29.6 Å². The molecule has 1 rings (SSSR count). The second-order valence-electron chi connectivity index (χ2n) is 2.50. The number of aryl methyl sites for hydroxylation is 1. The summed E-state index contributed by atoms with van der Waals surface area (Å²) in [6.07, 6.45) is 2.28. The minimum Gasteiger partial charge on any atom is -0.257 e. The maximum atomic E-state index is 4.47. The van der Waals surface area contributed by atoms with Gasteiger partial charge in [-0.1, -0.05) is 42.0 Å². The molecule has 60 valence electrons. The average molecular weight is 261 g/mol. The van der Waals surface area contributed by atoms with E-state index in [1.54, 1.807) is 0 Å². The van der Waals surface area contributed by atoms with Crippen LogP contribution in [0.2, 0.25) is 0 Å². The summed E-state index contributed by atoms with van der Waals surface area (Å²) in [5.41, 5.74) is 2.42. The zero-order chi connectivity index (χ0) is 8.10. The Hall–Kier alpha value is -0.120. The molecule has 11 heavy (non-hydrogen) atoms. The van der Waals surface area contributed by atoms with Crippen LogP contribution in [-0.4, -0.2) is 4.98 Å². The minimum absolute atomic E-state index is 1.01. The Morgan fingerprint density at radius 2 is 2.09 bits per heavy atom. The van der Waals surface area contributed by atoms with E-state index in [0.29, 0.717) is 0 Å². The van der Waals surface area contributed by atoms with Crippen LogP contribution in [0.5, 0.6) is 0 Å². The lowest BCUT2D eigenvalue weighted by atomic mass is 10.2. The Morgan fingerprint density at radius 3 is 2.73 bits per heavy atom. The SMILES string of the molecule is CCCc1cccc(CI)n1. The molecule has 0 saturated carbocycles. The summed E-state index contributed by atoms with van der Waals surface area (Å²) < 4.78 is 1.01. The molecule has 0 atom stereocenters. The summed E-state index contributed by atoms with van der Waals surface area (Å²) in [5.74, 6) is 0. The van der Waals surface area contributed by atoms with Crippen molar-refractivity contribution in [2.75, 3.05) is 0 Å². The minimum atomic E-state index is 1.01. The monoisotopic (exact) mass is 261 g/mol. The van der Waals surface area contributed by atoms with Gasteiger partial charge in [-0.25, -0.2) is 0 Å². The van der Waals surface area contributed by atoms with Crippen molar-refractivity contribution in [3.8, 4) is 0 Å². The van der Waals surface area contributed by atoms with Crippen LogP contribution >= 0.6 is 22.6 Å². The highest BCUT2D eigenvalue weighted by Gasteiger charge is 1.93. The van der Waals surface area contributed by atoms with E-state index < -0.39 is 0 Å². The molecule has 1 aromatic heterocycles. The molecule has 0 spiro atoms. The third-order valence-corrected chi connectivity index (χ3v) is 2.29. The highest BCUT2D eigenvalue weighted by Crippen LogP contribution is 2.05. The molecule has 0 fully saturated rings. The number of rotatable bonds is 3. The molecule has 1 heterocycles. The van der Waals surface area contributed by atoms with Crippen LogP contribution in [0.1, 0.15) is 24.7 Å². The summed E-state index contributed by atoms with van der Waals surface area (Å²) >= 11 is 2.34. The smallest absolute Gasteiger partial charge is 0.0504 e. The first-order valence-electron chi connectivity index (χ1n) is 3.87. The van der Waals surface area contributed by atoms with Gasteiger partial charge in [0.15, 0.2) is 0 Å². The predicted octanol–water partition coefficient (Wildman–Crippen LogP) is 2.97. The van der Waals surface area contributed by atoms with E-state index in [0.717, 1.165) is 10.8 Å². The number of nitrogens with zero attached hydrogens (tertiary/aromatic N) is 1. The van der Waals surface area contributed by atoms with Crippen molar-refractivity contribution in [2.45, 2.75) is 24.2 Å². The van der Waals surface area contributed by atoms with Crippen molar-refractivity contribution >= 4 is 22.6 Å². The second kappa shape index (κ2) is 4.70. The van der Waals surface area contributed by atoms with Crippen LogP contribution in [0.4, 0.5) is 0 Å². The van der Waals surface area contributed by atoms with Gasteiger partial charge in [-0.15, -0.1) is 0 Å². The molecule has 0 aliphatic carbocycles. The fraction of sp³-hybridized carbons (Fsp3) is 0.444. The molecule has 0 N–H and O–H groups in total. The number of hydrogen-bond acceptors (Lipinski definition) is 1. The highest BCUT2D eigenvalue weighted by molar-refractivity contribution is 14.1. The number of halogens is 1. The summed E-state index contributed by atoms with van der Waals surface area (Å²) in [4.78, 5) is 4.47. The van der Waals surface area contributed by atoms with Crippen molar-refractivity contribution < 1.29 is 0 Å². The zero-order valence-corrected chi connectivity index (χ0v) is 8.84. The fourth-order valence-corrected chi connectivity index (χ4v) is 1.42. The second-order valence-corrected chi connectivity index (χ2v) is 3.27.